The number of ether oxygens (including phenoxy) is 4. The Balaban J connectivity index is 1.41. The minimum Gasteiger partial charge on any atom is -0.778 e. The second-order valence-corrected chi connectivity index (χ2v) is 15.9. The molecule has 1 amide bonds. The molecule has 0 radical (unpaired) electrons. The number of nitrogens with one attached hydrogen (secondary N) is 2. The molecule has 0 bridgehead atoms. The van der Waals surface area contributed by atoms with E-state index >= 15 is 0 Å². The van der Waals surface area contributed by atoms with Crippen LogP contribution in [0.25, 0.3) is 10.4 Å². The number of Topliss-reactive ketones (excluding diaryl/α,β-unsaturated/α-hetero) is 1. The van der Waals surface area contributed by atoms with Crippen molar-refractivity contribution in [2.45, 2.75) is 44.2 Å². The van der Waals surface area contributed by atoms with Crippen molar-refractivity contribution >= 4 is 34.9 Å². The third-order valence-corrected chi connectivity index (χ3v) is 10.7. The van der Waals surface area contributed by atoms with E-state index in [0.29, 0.717) is 18.0 Å². The number of H-pyrrole nitrogens is 1. The number of azide groups is 1. The maximum atomic E-state index is 12.4. The van der Waals surface area contributed by atoms with Gasteiger partial charge in [-0.25, -0.2) is 9.11 Å². The van der Waals surface area contributed by atoms with Crippen LogP contribution in [0.3, 0.4) is 0 Å². The van der Waals surface area contributed by atoms with E-state index in [1.54, 1.807) is 18.2 Å². The zero-order valence-electron chi connectivity index (χ0n) is 28.6. The maximum Gasteiger partial charge on any atom is 0.330 e. The number of carbonyl (C=O) groups excluding carboxylic acids is 2. The van der Waals surface area contributed by atoms with Gasteiger partial charge in [0.2, 0.25) is 0 Å². The number of phosphoric acid groups is 2. The summed E-state index contributed by atoms with van der Waals surface area (Å²) in [6, 6.07) is 6.33. The molecule has 6 atom stereocenters. The Morgan fingerprint density at radius 3 is 2.63 bits per heavy atom. The van der Waals surface area contributed by atoms with Crippen molar-refractivity contribution in [1.82, 2.24) is 14.9 Å². The Morgan fingerprint density at radius 2 is 1.93 bits per heavy atom. The van der Waals surface area contributed by atoms with Crippen molar-refractivity contribution in [2.24, 2.45) is 5.11 Å². The highest BCUT2D eigenvalue weighted by atomic mass is 31.3. The number of aromatic nitrogens is 2. The number of carbonyl (C=O) groups is 2. The van der Waals surface area contributed by atoms with Crippen LogP contribution in [0.15, 0.2) is 45.2 Å². The van der Waals surface area contributed by atoms with Crippen molar-refractivity contribution in [3.8, 4) is 17.6 Å². The number of aromatic amines is 1. The Hall–Kier alpha value is -3.96. The predicted octanol–water partition coefficient (Wildman–Crippen LogP) is 0.193. The molecule has 1 aliphatic rings. The molecule has 26 heteroatoms. The van der Waals surface area contributed by atoms with Crippen molar-refractivity contribution in [3.05, 3.63) is 72.9 Å². The summed E-state index contributed by atoms with van der Waals surface area (Å²) in [6.45, 7) is -0.900. The largest absolute Gasteiger partial charge is 0.778 e. The lowest BCUT2D eigenvalue weighted by Crippen LogP contribution is -2.33. The van der Waals surface area contributed by atoms with Crippen molar-refractivity contribution in [2.75, 3.05) is 46.7 Å². The molecule has 2 N–H and O–H groups in total. The van der Waals surface area contributed by atoms with Crippen LogP contribution < -0.4 is 36.0 Å². The number of rotatable bonds is 21. The zero-order chi connectivity index (χ0) is 39.9. The molecule has 3 rings (SSSR count). The molecule has 1 aliphatic heterocycles. The summed E-state index contributed by atoms with van der Waals surface area (Å²) in [5.41, 5.74) is 7.35. The Labute approximate surface area is 306 Å². The van der Waals surface area contributed by atoms with Crippen LogP contribution in [0, 0.1) is 11.8 Å². The lowest BCUT2D eigenvalue weighted by molar-refractivity contribution is -0.245. The van der Waals surface area contributed by atoms with E-state index in [9.17, 15) is 47.6 Å². The van der Waals surface area contributed by atoms with Gasteiger partial charge in [0.25, 0.3) is 27.1 Å². The summed E-state index contributed by atoms with van der Waals surface area (Å²) in [4.78, 5) is 87.9. The van der Waals surface area contributed by atoms with E-state index < -0.39 is 59.7 Å². The number of benzene rings is 1. The van der Waals surface area contributed by atoms with Crippen molar-refractivity contribution < 1.29 is 70.1 Å². The van der Waals surface area contributed by atoms with Gasteiger partial charge in [-0.2, -0.15) is 0 Å². The molecule has 1 fully saturated rings. The monoisotopic (exact) mass is 819 g/mol. The summed E-state index contributed by atoms with van der Waals surface area (Å²) in [5, 5.41) is 5.99. The van der Waals surface area contributed by atoms with Crippen LogP contribution in [0.5, 0.6) is 5.75 Å². The van der Waals surface area contributed by atoms with Gasteiger partial charge >= 0.3 is 5.69 Å². The summed E-state index contributed by atoms with van der Waals surface area (Å²) in [6.07, 6.45) is -1.69. The van der Waals surface area contributed by atoms with Gasteiger partial charge in [0.1, 0.15) is 38.4 Å². The van der Waals surface area contributed by atoms with E-state index in [0.717, 1.165) is 10.8 Å². The number of hydrogen-bond donors (Lipinski definition) is 2. The van der Waals surface area contributed by atoms with E-state index in [1.807, 2.05) is 0 Å². The fourth-order valence-electron chi connectivity index (χ4n) is 4.39. The van der Waals surface area contributed by atoms with Crippen LogP contribution in [0.4, 0.5) is 0 Å². The highest BCUT2D eigenvalue weighted by Crippen LogP contribution is 2.61. The number of nitrogens with zero attached hydrogens (tertiary/aromatic N) is 4. The fraction of sp³-hybridized carbons (Fsp3) is 0.500. The lowest BCUT2D eigenvalue weighted by atomic mass is 10.2. The molecule has 0 spiro atoms. The number of phosphoric ester groups is 1. The summed E-state index contributed by atoms with van der Waals surface area (Å²) in [5.74, 6) is 4.94. The standard InChI is InChI=1S/C28H37N6O17P3/c1-30-26(36)19-7-5-9-22(14-19)47-18-24(32-33-29)46-13-12-45-16-21(35)8-4-3-6-20-15-34(28(38)31-27(20)37)25-11-10-23(49-25)17-48-53(41,42)51-54(43,44)50-52(2,39)40/h5,7,9,14-15,23-25H,4,8,10-13,16-18H2,1-2H3,(H,30,36)(H,39,40)(H,41,42)(H,43,44)(H,31,37,38)/p-3/t23-,24?,25+/m0/s1. The summed E-state index contributed by atoms with van der Waals surface area (Å²) in [7, 11) is -14.9. The van der Waals surface area contributed by atoms with Crippen molar-refractivity contribution in [1.29, 1.82) is 0 Å². The van der Waals surface area contributed by atoms with Gasteiger partial charge < -0.3 is 48.0 Å². The molecular formula is C28H34N6O17P3-3. The first-order chi connectivity index (χ1) is 25.4. The smallest absolute Gasteiger partial charge is 0.330 e. The Kier molecular flexibility index (Phi) is 17.0. The van der Waals surface area contributed by atoms with Crippen LogP contribution in [-0.2, 0) is 45.8 Å². The first kappa shape index (κ1) is 44.4. The van der Waals surface area contributed by atoms with Gasteiger partial charge in [0, 0.05) is 43.2 Å². The van der Waals surface area contributed by atoms with Gasteiger partial charge in [-0.15, -0.1) is 0 Å². The first-order valence-corrected chi connectivity index (χ1v) is 20.5. The molecule has 23 nitrogen and oxygen atoms in total. The quantitative estimate of drug-likeness (QED) is 0.0424. The summed E-state index contributed by atoms with van der Waals surface area (Å²) < 4.78 is 69.0. The Morgan fingerprint density at radius 1 is 1.17 bits per heavy atom. The second-order valence-electron chi connectivity index (χ2n) is 11.0. The van der Waals surface area contributed by atoms with Crippen molar-refractivity contribution in [3.63, 3.8) is 0 Å². The van der Waals surface area contributed by atoms with Crippen LogP contribution in [0.2, 0.25) is 0 Å². The molecule has 2 heterocycles. The topological polar surface area (TPSA) is 335 Å². The van der Waals surface area contributed by atoms with Gasteiger partial charge in [-0.3, -0.25) is 37.4 Å². The Bertz CT molecular complexity index is 2020. The average molecular weight is 820 g/mol. The normalized spacial score (nSPS) is 19.1. The van der Waals surface area contributed by atoms with Gasteiger partial charge in [-0.1, -0.05) is 23.0 Å². The number of ketones is 1. The third kappa shape index (κ3) is 15.8. The van der Waals surface area contributed by atoms with E-state index in [4.69, 9.17) is 24.5 Å². The minimum absolute atomic E-state index is 0.0251. The fourth-order valence-corrected chi connectivity index (χ4v) is 7.75. The molecule has 0 saturated carbocycles. The first-order valence-electron chi connectivity index (χ1n) is 15.6. The molecule has 1 aromatic carbocycles. The van der Waals surface area contributed by atoms with E-state index in [1.165, 1.54) is 13.1 Å². The van der Waals surface area contributed by atoms with Gasteiger partial charge in [-0.05, 0) is 36.6 Å². The average Bonchev–Trinajstić information content (AvgIpc) is 3.56. The zero-order valence-corrected chi connectivity index (χ0v) is 31.2. The maximum absolute atomic E-state index is 12.4. The van der Waals surface area contributed by atoms with Gasteiger partial charge in [0.05, 0.1) is 25.9 Å². The highest BCUT2D eigenvalue weighted by molar-refractivity contribution is 7.66. The lowest BCUT2D eigenvalue weighted by Gasteiger charge is -2.33. The molecule has 296 valence electrons. The molecule has 54 heavy (non-hydrogen) atoms. The SMILES string of the molecule is CNC(=O)c1cccc(OCC(N=[N+]=[N-])OCCOCC(=O)CCC#Cc2cn([C@H]3CC[C@@H](COP(=O)([O-])OP(=O)([O-])OP(C)(=O)[O-])O3)c(=O)[nH]c2=O)c1. The number of hydrogen-bond acceptors (Lipinski definition) is 18. The highest BCUT2D eigenvalue weighted by Gasteiger charge is 2.30. The van der Waals surface area contributed by atoms with Gasteiger partial charge in [0.15, 0.2) is 12.0 Å². The molecule has 1 aromatic heterocycles. The van der Waals surface area contributed by atoms with E-state index in [-0.39, 0.29) is 69.4 Å². The number of amides is 1. The van der Waals surface area contributed by atoms with Crippen LogP contribution >= 0.6 is 23.2 Å². The molecule has 4 unspecified atom stereocenters. The van der Waals surface area contributed by atoms with E-state index in [2.05, 4.69) is 45.3 Å². The third-order valence-electron chi connectivity index (χ3n) is 6.68. The summed E-state index contributed by atoms with van der Waals surface area (Å²) >= 11 is 0. The molecule has 1 saturated heterocycles. The predicted molar refractivity (Wildman–Crippen MR) is 177 cm³/mol. The second kappa shape index (κ2) is 20.6. The molecule has 2 aromatic rings. The van der Waals surface area contributed by atoms with Crippen LogP contribution in [0.1, 0.15) is 47.8 Å². The minimum atomic E-state index is -5.83. The molecular weight excluding hydrogens is 785 g/mol. The van der Waals surface area contributed by atoms with Crippen LogP contribution in [-0.4, -0.2) is 80.3 Å². The molecule has 0 aliphatic carbocycles.